The minimum atomic E-state index is 0.358. The van der Waals surface area contributed by atoms with Crippen LogP contribution < -0.4 is 0 Å². The smallest absolute Gasteiger partial charge is 0.121 e. The molecule has 1 aliphatic rings. The first kappa shape index (κ1) is 18.1. The number of imidazole rings is 1. The number of H-pyrrole nitrogens is 2. The Labute approximate surface area is 171 Å². The molecule has 4 aromatic rings. The van der Waals surface area contributed by atoms with E-state index in [0.717, 1.165) is 55.6 Å². The van der Waals surface area contributed by atoms with Gasteiger partial charge in [-0.3, -0.25) is 9.88 Å². The van der Waals surface area contributed by atoms with Crippen LogP contribution in [0, 0.1) is 0 Å². The minimum absolute atomic E-state index is 0.358. The quantitative estimate of drug-likeness (QED) is 0.480. The second-order valence-electron chi connectivity index (χ2n) is 7.93. The Hall–Kier alpha value is -2.92. The van der Waals surface area contributed by atoms with Crippen molar-refractivity contribution in [2.24, 2.45) is 0 Å². The van der Waals surface area contributed by atoms with Gasteiger partial charge in [0.25, 0.3) is 0 Å². The molecule has 1 aromatic carbocycles. The number of nitrogens with zero attached hydrogens (tertiary/aromatic N) is 3. The van der Waals surface area contributed by atoms with Crippen molar-refractivity contribution in [2.45, 2.75) is 44.7 Å². The van der Waals surface area contributed by atoms with Crippen LogP contribution in [0.1, 0.15) is 48.1 Å². The van der Waals surface area contributed by atoms with Crippen LogP contribution in [0.5, 0.6) is 0 Å². The molecule has 0 amide bonds. The molecule has 29 heavy (non-hydrogen) atoms. The molecule has 1 aliphatic carbocycles. The van der Waals surface area contributed by atoms with E-state index in [-0.39, 0.29) is 0 Å². The van der Waals surface area contributed by atoms with Crippen LogP contribution in [-0.2, 0) is 19.4 Å². The first-order valence-electron chi connectivity index (χ1n) is 10.6. The summed E-state index contributed by atoms with van der Waals surface area (Å²) >= 11 is 0. The third-order valence-electron chi connectivity index (χ3n) is 5.95. The van der Waals surface area contributed by atoms with Crippen molar-refractivity contribution in [1.82, 2.24) is 24.8 Å². The monoisotopic (exact) mass is 385 g/mol. The molecule has 0 aliphatic heterocycles. The Morgan fingerprint density at radius 1 is 1.07 bits per heavy atom. The van der Waals surface area contributed by atoms with Gasteiger partial charge in [0, 0.05) is 18.1 Å². The Balaban J connectivity index is 1.39. The molecule has 5 heteroatoms. The number of pyridine rings is 1. The molecule has 1 atom stereocenters. The fraction of sp³-hybridized carbons (Fsp3) is 0.333. The molecule has 5 nitrogen and oxygen atoms in total. The zero-order chi connectivity index (χ0) is 19.5. The van der Waals surface area contributed by atoms with Gasteiger partial charge < -0.3 is 9.97 Å². The molecule has 0 spiro atoms. The van der Waals surface area contributed by atoms with Gasteiger partial charge in [-0.1, -0.05) is 18.2 Å². The van der Waals surface area contributed by atoms with Crippen molar-refractivity contribution >= 4 is 11.0 Å². The Morgan fingerprint density at radius 3 is 2.93 bits per heavy atom. The molecule has 0 saturated heterocycles. The Bertz CT molecular complexity index is 1030. The lowest BCUT2D eigenvalue weighted by atomic mass is 9.90. The van der Waals surface area contributed by atoms with Crippen molar-refractivity contribution in [1.29, 1.82) is 0 Å². The fourth-order valence-corrected chi connectivity index (χ4v) is 4.55. The lowest BCUT2D eigenvalue weighted by Crippen LogP contribution is -2.33. The van der Waals surface area contributed by atoms with E-state index in [1.54, 1.807) is 0 Å². The average Bonchev–Trinajstić information content (AvgIpc) is 3.42. The van der Waals surface area contributed by atoms with Crippen LogP contribution in [0.25, 0.3) is 11.0 Å². The molecule has 2 N–H and O–H groups in total. The first-order valence-corrected chi connectivity index (χ1v) is 10.6. The second kappa shape index (κ2) is 8.21. The number of aromatic amines is 2. The van der Waals surface area contributed by atoms with Crippen LogP contribution in [-0.4, -0.2) is 31.4 Å². The molecule has 5 rings (SSSR count). The van der Waals surface area contributed by atoms with Crippen molar-refractivity contribution in [3.8, 4) is 0 Å². The predicted molar refractivity (Wildman–Crippen MR) is 116 cm³/mol. The van der Waals surface area contributed by atoms with E-state index >= 15 is 0 Å². The summed E-state index contributed by atoms with van der Waals surface area (Å²) in [6, 6.07) is 17.2. The first-order chi connectivity index (χ1) is 14.4. The highest BCUT2D eigenvalue weighted by Gasteiger charge is 2.27. The van der Waals surface area contributed by atoms with Gasteiger partial charge in [-0.15, -0.1) is 0 Å². The van der Waals surface area contributed by atoms with Crippen molar-refractivity contribution in [3.05, 3.63) is 83.7 Å². The lowest BCUT2D eigenvalue weighted by molar-refractivity contribution is 0.160. The van der Waals surface area contributed by atoms with E-state index in [9.17, 15) is 0 Å². The number of aromatic nitrogens is 4. The fourth-order valence-electron chi connectivity index (χ4n) is 4.55. The maximum Gasteiger partial charge on any atom is 0.121 e. The number of para-hydroxylation sites is 2. The summed E-state index contributed by atoms with van der Waals surface area (Å²) in [5.41, 5.74) is 6.11. The average molecular weight is 386 g/mol. The highest BCUT2D eigenvalue weighted by molar-refractivity contribution is 5.74. The molecule has 1 unspecified atom stereocenters. The Morgan fingerprint density at radius 2 is 2.03 bits per heavy atom. The number of nitrogens with one attached hydrogen (secondary N) is 2. The van der Waals surface area contributed by atoms with Gasteiger partial charge in [-0.05, 0) is 74.5 Å². The third-order valence-corrected chi connectivity index (χ3v) is 5.95. The van der Waals surface area contributed by atoms with E-state index in [1.807, 2.05) is 18.5 Å². The van der Waals surface area contributed by atoms with Gasteiger partial charge >= 0.3 is 0 Å². The maximum atomic E-state index is 4.84. The SMILES string of the molecule is c1c[nH]c(CCCN(Cc2nc3ccccc3[nH]2)C2CCCc3cccnc32)c1. The second-order valence-corrected chi connectivity index (χ2v) is 7.93. The molecule has 148 valence electrons. The van der Waals surface area contributed by atoms with Gasteiger partial charge in [-0.25, -0.2) is 4.98 Å². The predicted octanol–water partition coefficient (Wildman–Crippen LogP) is 4.80. The van der Waals surface area contributed by atoms with E-state index in [2.05, 4.69) is 57.3 Å². The summed E-state index contributed by atoms with van der Waals surface area (Å²) in [5.74, 6) is 1.04. The molecular weight excluding hydrogens is 358 g/mol. The summed E-state index contributed by atoms with van der Waals surface area (Å²) in [7, 11) is 0. The number of fused-ring (bicyclic) bond motifs is 2. The number of rotatable bonds is 7. The van der Waals surface area contributed by atoms with Crippen LogP contribution >= 0.6 is 0 Å². The number of aryl methyl sites for hydroxylation is 2. The third kappa shape index (κ3) is 3.96. The number of hydrogen-bond acceptors (Lipinski definition) is 3. The summed E-state index contributed by atoms with van der Waals surface area (Å²) < 4.78 is 0. The zero-order valence-corrected chi connectivity index (χ0v) is 16.6. The highest BCUT2D eigenvalue weighted by Crippen LogP contribution is 2.33. The van der Waals surface area contributed by atoms with Crippen LogP contribution in [0.2, 0.25) is 0 Å². The molecule has 0 bridgehead atoms. The van der Waals surface area contributed by atoms with E-state index < -0.39 is 0 Å². The maximum absolute atomic E-state index is 4.84. The van der Waals surface area contributed by atoms with Gasteiger partial charge in [0.05, 0.1) is 29.3 Å². The zero-order valence-electron chi connectivity index (χ0n) is 16.6. The van der Waals surface area contributed by atoms with E-state index in [4.69, 9.17) is 9.97 Å². The highest BCUT2D eigenvalue weighted by atomic mass is 15.2. The number of benzene rings is 1. The van der Waals surface area contributed by atoms with Crippen molar-refractivity contribution in [3.63, 3.8) is 0 Å². The van der Waals surface area contributed by atoms with Crippen LogP contribution in [0.15, 0.2) is 60.9 Å². The lowest BCUT2D eigenvalue weighted by Gasteiger charge is -2.34. The van der Waals surface area contributed by atoms with Gasteiger partial charge in [0.2, 0.25) is 0 Å². The van der Waals surface area contributed by atoms with Gasteiger partial charge in [0.1, 0.15) is 5.82 Å². The molecule has 0 radical (unpaired) electrons. The summed E-state index contributed by atoms with van der Waals surface area (Å²) in [6.45, 7) is 1.84. The largest absolute Gasteiger partial charge is 0.365 e. The van der Waals surface area contributed by atoms with Gasteiger partial charge in [-0.2, -0.15) is 0 Å². The standard InChI is InChI=1S/C24H27N5/c1-2-12-21-20(11-1)27-23(28-21)17-29(16-6-10-19-9-5-14-25-19)22-13-3-7-18-8-4-15-26-24(18)22/h1-2,4-5,8-9,11-12,14-15,22,25H,3,6-7,10,13,16-17H2,(H,27,28). The summed E-state index contributed by atoms with van der Waals surface area (Å²) in [6.07, 6.45) is 9.63. The van der Waals surface area contributed by atoms with E-state index in [1.165, 1.54) is 23.4 Å². The van der Waals surface area contributed by atoms with Gasteiger partial charge in [0.15, 0.2) is 0 Å². The molecule has 3 heterocycles. The van der Waals surface area contributed by atoms with E-state index in [0.29, 0.717) is 6.04 Å². The minimum Gasteiger partial charge on any atom is -0.365 e. The summed E-state index contributed by atoms with van der Waals surface area (Å²) in [5, 5.41) is 0. The van der Waals surface area contributed by atoms with Crippen LogP contribution in [0.4, 0.5) is 0 Å². The summed E-state index contributed by atoms with van der Waals surface area (Å²) in [4.78, 5) is 19.0. The number of hydrogen-bond donors (Lipinski definition) is 2. The van der Waals surface area contributed by atoms with Crippen LogP contribution in [0.3, 0.4) is 0 Å². The Kier molecular flexibility index (Phi) is 5.13. The molecule has 0 saturated carbocycles. The van der Waals surface area contributed by atoms with Crippen molar-refractivity contribution in [2.75, 3.05) is 6.54 Å². The molecule has 0 fully saturated rings. The molecule has 3 aromatic heterocycles. The molecular formula is C24H27N5. The normalized spacial score (nSPS) is 16.4. The topological polar surface area (TPSA) is 60.6 Å². The van der Waals surface area contributed by atoms with Crippen molar-refractivity contribution < 1.29 is 0 Å².